The van der Waals surface area contributed by atoms with Crippen LogP contribution in [0.4, 0.5) is 30.6 Å². The molecule has 4 rings (SSSR count). The number of anilines is 3. The molecule has 1 fully saturated rings. The maximum absolute atomic E-state index is 12.6. The fourth-order valence-corrected chi connectivity index (χ4v) is 4.09. The van der Waals surface area contributed by atoms with Gasteiger partial charge in [-0.2, -0.15) is 23.1 Å². The molecule has 2 N–H and O–H groups in total. The Morgan fingerprint density at radius 2 is 2.03 bits per heavy atom. The summed E-state index contributed by atoms with van der Waals surface area (Å²) in [5, 5.41) is 9.11. The lowest BCUT2D eigenvalue weighted by Crippen LogP contribution is -2.53. The first-order valence-electron chi connectivity index (χ1n) is 10.2. The Bertz CT molecular complexity index is 1010. The lowest BCUT2D eigenvalue weighted by Gasteiger charge is -2.38. The number of rotatable bonds is 6. The lowest BCUT2D eigenvalue weighted by molar-refractivity contribution is -0.146. The highest BCUT2D eigenvalue weighted by atomic mass is 19.4. The number of aromatic nitrogens is 4. The molecule has 1 amide bonds. The van der Waals surface area contributed by atoms with Crippen molar-refractivity contribution in [1.82, 2.24) is 20.1 Å². The predicted octanol–water partition coefficient (Wildman–Crippen LogP) is 2.41. The zero-order valence-corrected chi connectivity index (χ0v) is 18.0. The summed E-state index contributed by atoms with van der Waals surface area (Å²) in [4.78, 5) is 26.7. The summed E-state index contributed by atoms with van der Waals surface area (Å²) in [6.45, 7) is 3.60. The Morgan fingerprint density at radius 1 is 1.31 bits per heavy atom. The Kier molecular flexibility index (Phi) is 5.69. The number of nitrogens with one attached hydrogen (secondary N) is 2. The molecule has 2 aromatic heterocycles. The van der Waals surface area contributed by atoms with Gasteiger partial charge in [0.2, 0.25) is 17.7 Å². The van der Waals surface area contributed by atoms with E-state index in [0.717, 1.165) is 0 Å². The van der Waals surface area contributed by atoms with Crippen LogP contribution >= 0.6 is 0 Å². The van der Waals surface area contributed by atoms with Gasteiger partial charge in [-0.05, 0) is 32.6 Å². The number of ether oxygens (including phenoxy) is 1. The summed E-state index contributed by atoms with van der Waals surface area (Å²) in [7, 11) is 3.33. The molecule has 0 unspecified atom stereocenters. The number of likely N-dealkylation sites (N-methyl/N-ethyl adjacent to an activating group) is 1. The van der Waals surface area contributed by atoms with Gasteiger partial charge in [-0.15, -0.1) is 0 Å². The number of alkyl halides is 3. The van der Waals surface area contributed by atoms with Gasteiger partial charge in [-0.3, -0.25) is 4.79 Å². The zero-order valence-electron chi connectivity index (χ0n) is 18.0. The summed E-state index contributed by atoms with van der Waals surface area (Å²) >= 11 is 0. The molecule has 2 atom stereocenters. The molecule has 0 bridgehead atoms. The van der Waals surface area contributed by atoms with E-state index >= 15 is 0 Å². The van der Waals surface area contributed by atoms with E-state index in [1.165, 1.54) is 0 Å². The van der Waals surface area contributed by atoms with Gasteiger partial charge in [0.1, 0.15) is 11.7 Å². The van der Waals surface area contributed by atoms with Gasteiger partial charge < -0.3 is 24.8 Å². The Morgan fingerprint density at radius 3 is 2.66 bits per heavy atom. The average Bonchev–Trinajstić information content (AvgIpc) is 3.16. The predicted molar refractivity (Wildman–Crippen MR) is 107 cm³/mol. The number of amides is 1. The largest absolute Gasteiger partial charge is 0.455 e. The van der Waals surface area contributed by atoms with Gasteiger partial charge in [-0.1, -0.05) is 5.16 Å². The third-order valence-corrected chi connectivity index (χ3v) is 5.91. The maximum atomic E-state index is 12.6. The number of carbonyl (C=O) groups is 1. The molecule has 0 spiro atoms. The summed E-state index contributed by atoms with van der Waals surface area (Å²) < 4.78 is 47.8. The molecule has 13 heteroatoms. The standard InChI is InChI=1S/C19H24F3N7O3/c1-8-13-15(29(3)14(9(2)31-4)16(30)26-13)27-18(23-8)24-11-5-10(6-11)7-12-25-17(28-32-12)19(20,21)22/h9-11,14H,5-7H2,1-4H3,(H,26,30)(H,23,24,27)/t9-,10-,11+,14+/m1/s1. The van der Waals surface area contributed by atoms with Gasteiger partial charge >= 0.3 is 6.18 Å². The molecule has 2 aliphatic rings. The number of fused-ring (bicyclic) bond motifs is 1. The van der Waals surface area contributed by atoms with Gasteiger partial charge in [0.15, 0.2) is 5.82 Å². The molecule has 3 heterocycles. The third-order valence-electron chi connectivity index (χ3n) is 5.91. The molecule has 1 aliphatic heterocycles. The van der Waals surface area contributed by atoms with Crippen LogP contribution in [-0.4, -0.2) is 58.4 Å². The van der Waals surface area contributed by atoms with E-state index in [2.05, 4.69) is 30.7 Å². The van der Waals surface area contributed by atoms with Crippen molar-refractivity contribution in [3.63, 3.8) is 0 Å². The van der Waals surface area contributed by atoms with E-state index in [-0.39, 0.29) is 36.3 Å². The summed E-state index contributed by atoms with van der Waals surface area (Å²) in [5.74, 6) is -0.308. The highest BCUT2D eigenvalue weighted by Crippen LogP contribution is 2.36. The molecule has 0 saturated heterocycles. The molecule has 174 valence electrons. The normalized spacial score (nSPS) is 23.9. The quantitative estimate of drug-likeness (QED) is 0.677. The summed E-state index contributed by atoms with van der Waals surface area (Å²) in [6, 6.07) is -0.460. The molecular weight excluding hydrogens is 431 g/mol. The fourth-order valence-electron chi connectivity index (χ4n) is 4.09. The minimum absolute atomic E-state index is 0.0164. The van der Waals surface area contributed by atoms with Crippen LogP contribution in [0.15, 0.2) is 4.52 Å². The summed E-state index contributed by atoms with van der Waals surface area (Å²) in [6.07, 6.45) is -3.25. The van der Waals surface area contributed by atoms with Crippen LogP contribution in [0.1, 0.15) is 37.2 Å². The minimum Gasteiger partial charge on any atom is -0.379 e. The second kappa shape index (κ2) is 8.19. The average molecular weight is 455 g/mol. The second-order valence-corrected chi connectivity index (χ2v) is 8.21. The van der Waals surface area contributed by atoms with Gasteiger partial charge in [0.25, 0.3) is 5.82 Å². The van der Waals surface area contributed by atoms with Crippen molar-refractivity contribution in [2.45, 2.75) is 57.5 Å². The number of aryl methyl sites for hydroxylation is 1. The molecule has 32 heavy (non-hydrogen) atoms. The second-order valence-electron chi connectivity index (χ2n) is 8.21. The Labute approximate surface area is 181 Å². The minimum atomic E-state index is -4.61. The number of hydrogen-bond acceptors (Lipinski definition) is 9. The first-order valence-corrected chi connectivity index (χ1v) is 10.2. The molecule has 2 aromatic rings. The summed E-state index contributed by atoms with van der Waals surface area (Å²) in [5.41, 5.74) is 1.19. The van der Waals surface area contributed by atoms with Crippen molar-refractivity contribution < 1.29 is 27.2 Å². The van der Waals surface area contributed by atoms with Crippen LogP contribution in [0.2, 0.25) is 0 Å². The van der Waals surface area contributed by atoms with Crippen LogP contribution in [0, 0.1) is 12.8 Å². The van der Waals surface area contributed by atoms with E-state index in [0.29, 0.717) is 36.0 Å². The Hall–Kier alpha value is -2.96. The number of hydrogen-bond donors (Lipinski definition) is 2. The van der Waals surface area contributed by atoms with E-state index < -0.39 is 18.0 Å². The molecule has 1 aliphatic carbocycles. The number of halogens is 3. The number of methoxy groups -OCH3 is 1. The van der Waals surface area contributed by atoms with Gasteiger partial charge in [0, 0.05) is 26.6 Å². The SMILES string of the molecule is CO[C@H](C)[C@H]1C(=O)Nc2c(C)nc(N[C@H]3C[C@@H](Cc4nc(C(F)(F)F)no4)C3)nc2N1C. The van der Waals surface area contributed by atoms with Gasteiger partial charge in [-0.25, -0.2) is 4.98 Å². The van der Waals surface area contributed by atoms with Crippen molar-refractivity contribution in [2.75, 3.05) is 29.7 Å². The maximum Gasteiger partial charge on any atom is 0.455 e. The molecular formula is C19H24F3N7O3. The molecule has 1 saturated carbocycles. The lowest BCUT2D eigenvalue weighted by atomic mass is 9.78. The van der Waals surface area contributed by atoms with Crippen LogP contribution in [0.5, 0.6) is 0 Å². The van der Waals surface area contributed by atoms with Crippen molar-refractivity contribution in [2.24, 2.45) is 5.92 Å². The highest BCUT2D eigenvalue weighted by Gasteiger charge is 2.39. The first kappa shape index (κ1) is 22.2. The van der Waals surface area contributed by atoms with Crippen LogP contribution in [0.3, 0.4) is 0 Å². The third kappa shape index (κ3) is 4.20. The van der Waals surface area contributed by atoms with E-state index in [9.17, 15) is 18.0 Å². The topological polar surface area (TPSA) is 118 Å². The molecule has 10 nitrogen and oxygen atoms in total. The number of carbonyl (C=O) groups excluding carboxylic acids is 1. The smallest absolute Gasteiger partial charge is 0.379 e. The van der Waals surface area contributed by atoms with Crippen molar-refractivity contribution in [1.29, 1.82) is 0 Å². The first-order chi connectivity index (χ1) is 15.1. The van der Waals surface area contributed by atoms with Crippen molar-refractivity contribution in [3.05, 3.63) is 17.4 Å². The van der Waals surface area contributed by atoms with E-state index in [4.69, 9.17) is 9.26 Å². The van der Waals surface area contributed by atoms with Crippen LogP contribution in [-0.2, 0) is 22.1 Å². The monoisotopic (exact) mass is 455 g/mol. The Balaban J connectivity index is 1.39. The van der Waals surface area contributed by atoms with Gasteiger partial charge in [0.05, 0.1) is 11.8 Å². The molecule has 0 aromatic carbocycles. The van der Waals surface area contributed by atoms with E-state index in [1.807, 2.05) is 6.92 Å². The van der Waals surface area contributed by atoms with Crippen molar-refractivity contribution >= 4 is 23.4 Å². The fraction of sp³-hybridized carbons (Fsp3) is 0.632. The highest BCUT2D eigenvalue weighted by molar-refractivity contribution is 6.03. The van der Waals surface area contributed by atoms with Crippen LogP contribution < -0.4 is 15.5 Å². The number of nitrogens with zero attached hydrogens (tertiary/aromatic N) is 5. The van der Waals surface area contributed by atoms with E-state index in [1.54, 1.807) is 26.0 Å². The van der Waals surface area contributed by atoms with Crippen molar-refractivity contribution in [3.8, 4) is 0 Å². The zero-order chi connectivity index (χ0) is 23.2. The van der Waals surface area contributed by atoms with Crippen LogP contribution in [0.25, 0.3) is 0 Å². The molecule has 0 radical (unpaired) electrons.